The molecule has 0 radical (unpaired) electrons. The first-order valence-electron chi connectivity index (χ1n) is 8.08. The van der Waals surface area contributed by atoms with Crippen LogP contribution in [0, 0.1) is 6.92 Å². The molecule has 3 heterocycles. The number of hydrogen-bond donors (Lipinski definition) is 1. The van der Waals surface area contributed by atoms with E-state index < -0.39 is 0 Å². The lowest BCUT2D eigenvalue weighted by Crippen LogP contribution is -2.53. The third-order valence-electron chi connectivity index (χ3n) is 4.77. The molecule has 1 N–H and O–H groups in total. The van der Waals surface area contributed by atoms with Crippen molar-refractivity contribution in [3.63, 3.8) is 0 Å². The monoisotopic (exact) mass is 355 g/mol. The first-order valence-corrected chi connectivity index (χ1v) is 8.46. The fourth-order valence-electron chi connectivity index (χ4n) is 3.24. The standard InChI is InChI=1S/C19H18ClN3O2/c1-12-14(4-3-5-15(12)20)19(10-25-11-19)22-16-7-6-13-8-9-23(2)18(24)17(13)21-16/h3-9H,10-11H2,1-2H3,(H,21,22). The average Bonchev–Trinajstić information content (AvgIpc) is 2.58. The molecular weight excluding hydrogens is 338 g/mol. The fourth-order valence-corrected chi connectivity index (χ4v) is 3.42. The molecule has 25 heavy (non-hydrogen) atoms. The summed E-state index contributed by atoms with van der Waals surface area (Å²) < 4.78 is 7.02. The summed E-state index contributed by atoms with van der Waals surface area (Å²) in [5.41, 5.74) is 2.08. The largest absolute Gasteiger partial charge is 0.376 e. The lowest BCUT2D eigenvalue weighted by atomic mass is 9.85. The highest BCUT2D eigenvalue weighted by Crippen LogP contribution is 2.37. The Morgan fingerprint density at radius 2 is 2.04 bits per heavy atom. The highest BCUT2D eigenvalue weighted by molar-refractivity contribution is 6.31. The van der Waals surface area contributed by atoms with Crippen LogP contribution in [0.5, 0.6) is 0 Å². The van der Waals surface area contributed by atoms with E-state index in [9.17, 15) is 4.79 Å². The van der Waals surface area contributed by atoms with Crippen molar-refractivity contribution in [2.24, 2.45) is 7.05 Å². The van der Waals surface area contributed by atoms with E-state index >= 15 is 0 Å². The molecular formula is C19H18ClN3O2. The maximum absolute atomic E-state index is 12.3. The van der Waals surface area contributed by atoms with Crippen molar-refractivity contribution < 1.29 is 4.74 Å². The molecule has 0 bridgehead atoms. The molecule has 0 atom stereocenters. The van der Waals surface area contributed by atoms with Crippen LogP contribution in [-0.2, 0) is 17.3 Å². The highest BCUT2D eigenvalue weighted by atomic mass is 35.5. The van der Waals surface area contributed by atoms with Gasteiger partial charge in [0.25, 0.3) is 5.56 Å². The third kappa shape index (κ3) is 2.60. The van der Waals surface area contributed by atoms with Gasteiger partial charge in [0.15, 0.2) is 0 Å². The molecule has 1 saturated heterocycles. The Morgan fingerprint density at radius 3 is 2.76 bits per heavy atom. The molecule has 128 valence electrons. The first-order chi connectivity index (χ1) is 12.0. The molecule has 1 fully saturated rings. The number of benzene rings is 1. The number of hydrogen-bond acceptors (Lipinski definition) is 4. The van der Waals surface area contributed by atoms with E-state index in [0.29, 0.717) is 24.5 Å². The Labute approximate surface area is 150 Å². The van der Waals surface area contributed by atoms with Gasteiger partial charge in [-0.1, -0.05) is 23.7 Å². The summed E-state index contributed by atoms with van der Waals surface area (Å²) in [5, 5.41) is 5.03. The summed E-state index contributed by atoms with van der Waals surface area (Å²) in [5.74, 6) is 0.651. The smallest absolute Gasteiger partial charge is 0.276 e. The number of aromatic nitrogens is 2. The van der Waals surface area contributed by atoms with E-state index in [2.05, 4.69) is 16.4 Å². The molecule has 4 rings (SSSR count). The topological polar surface area (TPSA) is 56.2 Å². The summed E-state index contributed by atoms with van der Waals surface area (Å²) in [6.45, 7) is 3.06. The van der Waals surface area contributed by atoms with Crippen LogP contribution in [-0.4, -0.2) is 22.8 Å². The maximum atomic E-state index is 12.3. The van der Waals surface area contributed by atoms with Gasteiger partial charge >= 0.3 is 0 Å². The van der Waals surface area contributed by atoms with Gasteiger partial charge in [0.2, 0.25) is 0 Å². The quantitative estimate of drug-likeness (QED) is 0.783. The lowest BCUT2D eigenvalue weighted by Gasteiger charge is -2.43. The lowest BCUT2D eigenvalue weighted by molar-refractivity contribution is -0.0451. The molecule has 0 aliphatic carbocycles. The van der Waals surface area contributed by atoms with Gasteiger partial charge in [-0.3, -0.25) is 4.79 Å². The van der Waals surface area contributed by atoms with Crippen molar-refractivity contribution in [2.45, 2.75) is 12.5 Å². The number of halogens is 1. The second-order valence-electron chi connectivity index (χ2n) is 6.48. The normalized spacial score (nSPS) is 15.8. The molecule has 5 nitrogen and oxygen atoms in total. The summed E-state index contributed by atoms with van der Waals surface area (Å²) in [6, 6.07) is 11.6. The van der Waals surface area contributed by atoms with Crippen LogP contribution in [0.15, 0.2) is 47.4 Å². The highest BCUT2D eigenvalue weighted by Gasteiger charge is 2.42. The van der Waals surface area contributed by atoms with E-state index in [0.717, 1.165) is 21.5 Å². The molecule has 6 heteroatoms. The van der Waals surface area contributed by atoms with Crippen LogP contribution in [0.3, 0.4) is 0 Å². The van der Waals surface area contributed by atoms with Gasteiger partial charge in [0, 0.05) is 23.7 Å². The Bertz CT molecular complexity index is 1020. The van der Waals surface area contributed by atoms with Crippen molar-refractivity contribution in [3.05, 3.63) is 69.1 Å². The molecule has 0 spiro atoms. The Balaban J connectivity index is 1.78. The Morgan fingerprint density at radius 1 is 1.24 bits per heavy atom. The predicted molar refractivity (Wildman–Crippen MR) is 99.3 cm³/mol. The minimum Gasteiger partial charge on any atom is -0.376 e. The van der Waals surface area contributed by atoms with Gasteiger partial charge in [-0.05, 0) is 42.3 Å². The third-order valence-corrected chi connectivity index (χ3v) is 5.18. The number of aryl methyl sites for hydroxylation is 1. The molecule has 1 aliphatic rings. The van der Waals surface area contributed by atoms with Gasteiger partial charge in [-0.25, -0.2) is 4.98 Å². The summed E-state index contributed by atoms with van der Waals surface area (Å²) in [4.78, 5) is 16.9. The number of pyridine rings is 2. The van der Waals surface area contributed by atoms with Crippen LogP contribution >= 0.6 is 11.6 Å². The first kappa shape index (κ1) is 16.1. The van der Waals surface area contributed by atoms with Crippen LogP contribution < -0.4 is 10.9 Å². The van der Waals surface area contributed by atoms with E-state index in [1.165, 1.54) is 4.57 Å². The average molecular weight is 356 g/mol. The molecule has 0 amide bonds. The van der Waals surface area contributed by atoms with Crippen molar-refractivity contribution in [1.82, 2.24) is 9.55 Å². The summed E-state index contributed by atoms with van der Waals surface area (Å²) in [6.07, 6.45) is 1.75. The van der Waals surface area contributed by atoms with Gasteiger partial charge in [0.1, 0.15) is 16.9 Å². The number of nitrogens with zero attached hydrogens (tertiary/aromatic N) is 2. The van der Waals surface area contributed by atoms with Crippen LogP contribution in [0.4, 0.5) is 5.82 Å². The van der Waals surface area contributed by atoms with E-state index in [-0.39, 0.29) is 11.1 Å². The molecule has 1 aromatic carbocycles. The SMILES string of the molecule is Cc1c(Cl)cccc1C1(Nc2ccc3ccn(C)c(=O)c3n2)COC1. The molecule has 0 unspecified atom stereocenters. The number of fused-ring (bicyclic) bond motifs is 1. The van der Waals surface area contributed by atoms with Gasteiger partial charge < -0.3 is 14.6 Å². The molecule has 3 aromatic rings. The molecule has 1 aliphatic heterocycles. The number of rotatable bonds is 3. The van der Waals surface area contributed by atoms with E-state index in [4.69, 9.17) is 16.3 Å². The van der Waals surface area contributed by atoms with Crippen LogP contribution in [0.1, 0.15) is 11.1 Å². The van der Waals surface area contributed by atoms with Crippen molar-refractivity contribution in [1.29, 1.82) is 0 Å². The molecule has 0 saturated carbocycles. The number of anilines is 1. The zero-order chi connectivity index (χ0) is 17.6. The fraction of sp³-hybridized carbons (Fsp3) is 0.263. The van der Waals surface area contributed by atoms with Crippen molar-refractivity contribution >= 4 is 28.3 Å². The van der Waals surface area contributed by atoms with Gasteiger partial charge in [-0.2, -0.15) is 0 Å². The number of ether oxygens (including phenoxy) is 1. The zero-order valence-electron chi connectivity index (χ0n) is 14.0. The Hall–Kier alpha value is -2.37. The summed E-state index contributed by atoms with van der Waals surface area (Å²) in [7, 11) is 1.72. The second-order valence-corrected chi connectivity index (χ2v) is 6.89. The maximum Gasteiger partial charge on any atom is 0.276 e. The van der Waals surface area contributed by atoms with Crippen LogP contribution in [0.2, 0.25) is 5.02 Å². The second kappa shape index (κ2) is 5.86. The van der Waals surface area contributed by atoms with Crippen molar-refractivity contribution in [2.75, 3.05) is 18.5 Å². The van der Waals surface area contributed by atoms with E-state index in [1.54, 1.807) is 13.2 Å². The number of nitrogens with one attached hydrogen (secondary N) is 1. The zero-order valence-corrected chi connectivity index (χ0v) is 14.8. The van der Waals surface area contributed by atoms with E-state index in [1.807, 2.05) is 37.3 Å². The van der Waals surface area contributed by atoms with Crippen LogP contribution in [0.25, 0.3) is 10.9 Å². The minimum absolute atomic E-state index is 0.112. The van der Waals surface area contributed by atoms with Gasteiger partial charge in [-0.15, -0.1) is 0 Å². The van der Waals surface area contributed by atoms with Crippen molar-refractivity contribution in [3.8, 4) is 0 Å². The molecule has 2 aromatic heterocycles. The van der Waals surface area contributed by atoms with Gasteiger partial charge in [0.05, 0.1) is 13.2 Å². The Kier molecular flexibility index (Phi) is 3.78. The predicted octanol–water partition coefficient (Wildman–Crippen LogP) is 3.23. The minimum atomic E-state index is -0.379. The summed E-state index contributed by atoms with van der Waals surface area (Å²) >= 11 is 6.29.